The molecule has 2 rings (SSSR count). The zero-order valence-corrected chi connectivity index (χ0v) is 16.4. The molecule has 2 heterocycles. The number of hydrogen-bond acceptors (Lipinski definition) is 6. The highest BCUT2D eigenvalue weighted by molar-refractivity contribution is 6.74. The number of aromatic nitrogens is 2. The van der Waals surface area contributed by atoms with Gasteiger partial charge in [-0.25, -0.2) is 4.79 Å². The molecule has 1 unspecified atom stereocenters. The highest BCUT2D eigenvalue weighted by Gasteiger charge is 2.50. The van der Waals surface area contributed by atoms with Gasteiger partial charge >= 0.3 is 5.69 Å². The topological polar surface area (TPSA) is 99.6 Å². The molecule has 7 nitrogen and oxygen atoms in total. The predicted octanol–water partition coefficient (Wildman–Crippen LogP) is 1.89. The van der Waals surface area contributed by atoms with E-state index in [1.165, 1.54) is 4.57 Å². The van der Waals surface area contributed by atoms with Crippen molar-refractivity contribution in [2.24, 2.45) is 0 Å². The molecule has 1 fully saturated rings. The summed E-state index contributed by atoms with van der Waals surface area (Å²) in [5.41, 5.74) is 4.21. The quantitative estimate of drug-likeness (QED) is 0.800. The molecule has 0 amide bonds. The molecule has 1 aliphatic rings. The van der Waals surface area contributed by atoms with Gasteiger partial charge in [-0.3, -0.25) is 4.57 Å². The zero-order chi connectivity index (χ0) is 18.3. The minimum absolute atomic E-state index is 0.0427. The number of aliphatic hydroxyl groups excluding tert-OH is 1. The van der Waals surface area contributed by atoms with Crippen molar-refractivity contribution in [1.29, 1.82) is 0 Å². The Labute approximate surface area is 143 Å². The molecule has 0 aliphatic carbocycles. The number of rotatable bonds is 4. The molecule has 1 aromatic heterocycles. The first-order valence-corrected chi connectivity index (χ1v) is 11.1. The third-order valence-corrected chi connectivity index (χ3v) is 9.71. The lowest BCUT2D eigenvalue weighted by Crippen LogP contribution is -2.50. The summed E-state index contributed by atoms with van der Waals surface area (Å²) in [6.07, 6.45) is 1.23. The Morgan fingerprint density at radius 1 is 1.54 bits per heavy atom. The Kier molecular flexibility index (Phi) is 4.98. The number of nitrogens with zero attached hydrogens (tertiary/aromatic N) is 2. The van der Waals surface area contributed by atoms with Gasteiger partial charge in [-0.15, -0.1) is 0 Å². The van der Waals surface area contributed by atoms with Crippen LogP contribution < -0.4 is 11.4 Å². The van der Waals surface area contributed by atoms with E-state index < -0.39 is 25.8 Å². The smallest absolute Gasteiger partial charge is 0.351 e. The fraction of sp³-hybridized carbons (Fsp3) is 0.750. The molecule has 0 bridgehead atoms. The van der Waals surface area contributed by atoms with Crippen molar-refractivity contribution in [2.45, 2.75) is 70.2 Å². The van der Waals surface area contributed by atoms with Crippen molar-refractivity contribution < 1.29 is 14.3 Å². The van der Waals surface area contributed by atoms with Crippen LogP contribution in [0.2, 0.25) is 18.1 Å². The zero-order valence-electron chi connectivity index (χ0n) is 15.4. The second-order valence-electron chi connectivity index (χ2n) is 8.19. The molecule has 1 saturated heterocycles. The van der Waals surface area contributed by atoms with Crippen LogP contribution in [0.25, 0.3) is 0 Å². The van der Waals surface area contributed by atoms with Crippen molar-refractivity contribution in [3.63, 3.8) is 0 Å². The number of ether oxygens (including phenoxy) is 1. The Balaban J connectivity index is 2.29. The number of nitrogen functional groups attached to an aromatic ring is 1. The lowest BCUT2D eigenvalue weighted by atomic mass is 10.0. The number of hydrogen-bond donors (Lipinski definition) is 2. The molecule has 3 N–H and O–H groups in total. The van der Waals surface area contributed by atoms with Gasteiger partial charge in [0.05, 0.1) is 12.7 Å². The Morgan fingerprint density at radius 2 is 2.17 bits per heavy atom. The number of nitrogens with two attached hydrogens (primary N) is 1. The van der Waals surface area contributed by atoms with Crippen molar-refractivity contribution in [3.05, 3.63) is 22.7 Å². The van der Waals surface area contributed by atoms with Crippen molar-refractivity contribution in [2.75, 3.05) is 12.3 Å². The van der Waals surface area contributed by atoms with Gasteiger partial charge in [-0.2, -0.15) is 4.98 Å². The predicted molar refractivity (Wildman–Crippen MR) is 95.2 cm³/mol. The van der Waals surface area contributed by atoms with Crippen LogP contribution in [0.4, 0.5) is 5.82 Å². The third kappa shape index (κ3) is 3.56. The molecule has 0 spiro atoms. The van der Waals surface area contributed by atoms with Crippen molar-refractivity contribution in [3.8, 4) is 0 Å². The largest absolute Gasteiger partial charge is 0.411 e. The van der Waals surface area contributed by atoms with E-state index in [9.17, 15) is 9.90 Å². The van der Waals surface area contributed by atoms with Gasteiger partial charge in [-0.05, 0) is 31.1 Å². The first-order chi connectivity index (χ1) is 10.9. The molecular formula is C16H29N3O4Si. The van der Waals surface area contributed by atoms with Crippen LogP contribution in [0.15, 0.2) is 17.1 Å². The van der Waals surface area contributed by atoms with Gasteiger partial charge in [0.1, 0.15) is 17.6 Å². The maximum absolute atomic E-state index is 12.1. The summed E-state index contributed by atoms with van der Waals surface area (Å²) >= 11 is 0. The van der Waals surface area contributed by atoms with Gasteiger partial charge in [0.15, 0.2) is 8.32 Å². The van der Waals surface area contributed by atoms with E-state index in [4.69, 9.17) is 14.9 Å². The van der Waals surface area contributed by atoms with Crippen LogP contribution >= 0.6 is 0 Å². The summed E-state index contributed by atoms with van der Waals surface area (Å²) in [4.78, 5) is 15.8. The second-order valence-corrected chi connectivity index (χ2v) is 12.9. The Hall–Kier alpha value is -1.22. The summed E-state index contributed by atoms with van der Waals surface area (Å²) in [6.45, 7) is 12.5. The van der Waals surface area contributed by atoms with E-state index in [1.54, 1.807) is 12.3 Å². The molecule has 3 atom stereocenters. The highest BCUT2D eigenvalue weighted by atomic mass is 28.4. The highest BCUT2D eigenvalue weighted by Crippen LogP contribution is 2.44. The summed E-state index contributed by atoms with van der Waals surface area (Å²) < 4.78 is 13.9. The molecule has 136 valence electrons. The SMILES string of the molecule is CC(C)(C)[Si](C)(C)OC1C[C@H](n2ccc(N)nc2=O)O[C@]1(C)CO. The molecule has 1 aromatic rings. The van der Waals surface area contributed by atoms with Crippen LogP contribution in [-0.2, 0) is 9.16 Å². The van der Waals surface area contributed by atoms with E-state index in [0.29, 0.717) is 6.42 Å². The van der Waals surface area contributed by atoms with Crippen molar-refractivity contribution in [1.82, 2.24) is 9.55 Å². The lowest BCUT2D eigenvalue weighted by Gasteiger charge is -2.41. The van der Waals surface area contributed by atoms with E-state index >= 15 is 0 Å². The molecule has 1 aliphatic heterocycles. The summed E-state index contributed by atoms with van der Waals surface area (Å²) in [6, 6.07) is 1.56. The maximum Gasteiger partial charge on any atom is 0.351 e. The second kappa shape index (κ2) is 6.25. The third-order valence-electron chi connectivity index (χ3n) is 5.22. The van der Waals surface area contributed by atoms with Crippen LogP contribution in [0.1, 0.15) is 40.3 Å². The van der Waals surface area contributed by atoms with E-state index in [2.05, 4.69) is 38.8 Å². The molecule has 8 heteroatoms. The first-order valence-electron chi connectivity index (χ1n) is 8.21. The fourth-order valence-corrected chi connectivity index (χ4v) is 3.94. The average Bonchev–Trinajstić information content (AvgIpc) is 2.74. The van der Waals surface area contributed by atoms with E-state index in [-0.39, 0.29) is 23.6 Å². The van der Waals surface area contributed by atoms with E-state index in [0.717, 1.165) is 0 Å². The van der Waals surface area contributed by atoms with Gasteiger partial charge < -0.3 is 20.0 Å². The first kappa shape index (κ1) is 19.1. The minimum atomic E-state index is -2.04. The number of anilines is 1. The molecule has 0 aromatic carbocycles. The monoisotopic (exact) mass is 355 g/mol. The van der Waals surface area contributed by atoms with Crippen LogP contribution in [-0.4, -0.2) is 41.3 Å². The molecule has 0 radical (unpaired) electrons. The summed E-state index contributed by atoms with van der Waals surface area (Å²) in [5, 5.41) is 9.90. The summed E-state index contributed by atoms with van der Waals surface area (Å²) in [7, 11) is -2.04. The average molecular weight is 356 g/mol. The number of aliphatic hydroxyl groups is 1. The molecule has 0 saturated carbocycles. The van der Waals surface area contributed by atoms with Crippen LogP contribution in [0, 0.1) is 0 Å². The van der Waals surface area contributed by atoms with Gasteiger partial charge in [-0.1, -0.05) is 20.8 Å². The van der Waals surface area contributed by atoms with Gasteiger partial charge in [0, 0.05) is 12.6 Å². The van der Waals surface area contributed by atoms with Crippen LogP contribution in [0.5, 0.6) is 0 Å². The normalized spacial score (nSPS) is 28.3. The van der Waals surface area contributed by atoms with Crippen molar-refractivity contribution >= 4 is 14.1 Å². The fourth-order valence-electron chi connectivity index (χ4n) is 2.53. The Morgan fingerprint density at radius 3 is 2.67 bits per heavy atom. The molecule has 24 heavy (non-hydrogen) atoms. The van der Waals surface area contributed by atoms with Crippen LogP contribution in [0.3, 0.4) is 0 Å². The Bertz CT molecular complexity index is 655. The van der Waals surface area contributed by atoms with E-state index in [1.807, 2.05) is 6.92 Å². The van der Waals surface area contributed by atoms with Gasteiger partial charge in [0.25, 0.3) is 0 Å². The molecular weight excluding hydrogens is 326 g/mol. The maximum atomic E-state index is 12.1. The summed E-state index contributed by atoms with van der Waals surface area (Å²) in [5.74, 6) is 0.174. The standard InChI is InChI=1S/C16H29N3O4Si/c1-15(2,3)24(5,6)23-11-9-13(22-16(11,4)10-20)19-8-7-12(17)18-14(19)21/h7-8,11,13,20H,9-10H2,1-6H3,(H2,17,18,21)/t11?,13-,16-/m1/s1. The van der Waals surface area contributed by atoms with Gasteiger partial charge in [0.2, 0.25) is 0 Å². The lowest BCUT2D eigenvalue weighted by molar-refractivity contribution is -0.114. The minimum Gasteiger partial charge on any atom is -0.411 e.